The molecule has 0 spiro atoms. The summed E-state index contributed by atoms with van der Waals surface area (Å²) in [5.41, 5.74) is 2.46. The first-order chi connectivity index (χ1) is 12.6. The van der Waals surface area contributed by atoms with Gasteiger partial charge in [-0.25, -0.2) is 4.79 Å². The van der Waals surface area contributed by atoms with Crippen LogP contribution < -0.4 is 10.6 Å². The summed E-state index contributed by atoms with van der Waals surface area (Å²) in [7, 11) is 0. The number of nitrogens with one attached hydrogen (secondary N) is 2. The van der Waals surface area contributed by atoms with Crippen LogP contribution in [0.5, 0.6) is 0 Å². The van der Waals surface area contributed by atoms with Gasteiger partial charge < -0.3 is 9.73 Å². The zero-order valence-corrected chi connectivity index (χ0v) is 14.7. The number of hydrogen-bond acceptors (Lipinski definition) is 6. The van der Waals surface area contributed by atoms with Crippen molar-refractivity contribution in [2.75, 3.05) is 11.1 Å². The first kappa shape index (κ1) is 17.7. The molecule has 26 heavy (non-hydrogen) atoms. The molecular formula is C18H16N4O3S. The molecule has 3 aromatic rings. The number of aryl methyl sites for hydroxylation is 1. The molecule has 132 valence electrons. The maximum absolute atomic E-state index is 11.9. The fraction of sp³-hybridized carbons (Fsp3) is 0.111. The van der Waals surface area contributed by atoms with Gasteiger partial charge in [-0.05, 0) is 30.7 Å². The standard InChI is InChI=1S/C18H16N4O3S/c1-12-7-5-6-10-14(12)16-21-22-18(25-16)26-11-15(23)20-17(24)19-13-8-3-2-4-9-13/h2-10H,11H2,1H3,(H2,19,20,23,24). The minimum Gasteiger partial charge on any atom is -0.411 e. The van der Waals surface area contributed by atoms with Crippen LogP contribution in [0.3, 0.4) is 0 Å². The number of nitrogens with zero attached hydrogens (tertiary/aromatic N) is 2. The number of urea groups is 1. The van der Waals surface area contributed by atoms with Crippen LogP contribution in [0.4, 0.5) is 10.5 Å². The zero-order chi connectivity index (χ0) is 18.4. The fourth-order valence-corrected chi connectivity index (χ4v) is 2.73. The third-order valence-electron chi connectivity index (χ3n) is 3.39. The van der Waals surface area contributed by atoms with Crippen molar-refractivity contribution >= 4 is 29.4 Å². The molecule has 3 amide bonds. The number of carbonyl (C=O) groups is 2. The van der Waals surface area contributed by atoms with Crippen molar-refractivity contribution in [2.24, 2.45) is 0 Å². The van der Waals surface area contributed by atoms with E-state index in [1.54, 1.807) is 24.3 Å². The van der Waals surface area contributed by atoms with Crippen LogP contribution in [0, 0.1) is 6.92 Å². The SMILES string of the molecule is Cc1ccccc1-c1nnc(SCC(=O)NC(=O)Nc2ccccc2)o1. The maximum atomic E-state index is 11.9. The summed E-state index contributed by atoms with van der Waals surface area (Å²) >= 11 is 1.07. The van der Waals surface area contributed by atoms with Crippen molar-refractivity contribution in [2.45, 2.75) is 12.1 Å². The summed E-state index contributed by atoms with van der Waals surface area (Å²) in [6.07, 6.45) is 0. The highest BCUT2D eigenvalue weighted by atomic mass is 32.2. The van der Waals surface area contributed by atoms with Gasteiger partial charge in [-0.2, -0.15) is 0 Å². The molecular weight excluding hydrogens is 352 g/mol. The molecule has 0 saturated heterocycles. The number of carbonyl (C=O) groups excluding carboxylic acids is 2. The molecule has 0 saturated carbocycles. The largest absolute Gasteiger partial charge is 0.411 e. The second kappa shape index (κ2) is 8.30. The minimum atomic E-state index is -0.590. The maximum Gasteiger partial charge on any atom is 0.325 e. The van der Waals surface area contributed by atoms with Crippen LogP contribution in [-0.4, -0.2) is 27.9 Å². The summed E-state index contributed by atoms with van der Waals surface area (Å²) in [5.74, 6) is -0.0793. The molecule has 1 heterocycles. The lowest BCUT2D eigenvalue weighted by Crippen LogP contribution is -2.35. The summed E-state index contributed by atoms with van der Waals surface area (Å²) in [5, 5.41) is 13.0. The van der Waals surface area contributed by atoms with Crippen molar-refractivity contribution in [1.29, 1.82) is 0 Å². The molecule has 0 fully saturated rings. The van der Waals surface area contributed by atoms with E-state index in [1.807, 2.05) is 37.3 Å². The van der Waals surface area contributed by atoms with Crippen molar-refractivity contribution in [3.63, 3.8) is 0 Å². The van der Waals surface area contributed by atoms with E-state index in [-0.39, 0.29) is 11.0 Å². The molecule has 0 atom stereocenters. The highest BCUT2D eigenvalue weighted by Gasteiger charge is 2.14. The molecule has 3 rings (SSSR count). The van der Waals surface area contributed by atoms with E-state index in [9.17, 15) is 9.59 Å². The minimum absolute atomic E-state index is 0.0163. The summed E-state index contributed by atoms with van der Waals surface area (Å²) < 4.78 is 5.56. The van der Waals surface area contributed by atoms with Crippen LogP contribution in [0.15, 0.2) is 64.2 Å². The average molecular weight is 368 g/mol. The predicted molar refractivity (Wildman–Crippen MR) is 98.8 cm³/mol. The molecule has 0 radical (unpaired) electrons. The van der Waals surface area contributed by atoms with Gasteiger partial charge in [-0.1, -0.05) is 48.2 Å². The third kappa shape index (κ3) is 4.70. The summed E-state index contributed by atoms with van der Waals surface area (Å²) in [6.45, 7) is 1.95. The highest BCUT2D eigenvalue weighted by Crippen LogP contribution is 2.25. The number of thioether (sulfide) groups is 1. The number of para-hydroxylation sites is 1. The zero-order valence-electron chi connectivity index (χ0n) is 13.9. The Morgan fingerprint density at radius 3 is 2.54 bits per heavy atom. The molecule has 1 aromatic heterocycles. The Morgan fingerprint density at radius 1 is 1.04 bits per heavy atom. The molecule has 8 heteroatoms. The van der Waals surface area contributed by atoms with E-state index in [0.29, 0.717) is 11.6 Å². The number of anilines is 1. The van der Waals surface area contributed by atoms with Gasteiger partial charge in [0, 0.05) is 11.3 Å². The molecule has 2 aromatic carbocycles. The van der Waals surface area contributed by atoms with Gasteiger partial charge in [0.2, 0.25) is 11.8 Å². The Hall–Kier alpha value is -3.13. The number of amides is 3. The average Bonchev–Trinajstić information content (AvgIpc) is 3.10. The molecule has 2 N–H and O–H groups in total. The van der Waals surface area contributed by atoms with Crippen molar-refractivity contribution in [1.82, 2.24) is 15.5 Å². The van der Waals surface area contributed by atoms with Gasteiger partial charge in [0.15, 0.2) is 0 Å². The normalized spacial score (nSPS) is 10.3. The Balaban J connectivity index is 1.51. The van der Waals surface area contributed by atoms with Gasteiger partial charge in [0.25, 0.3) is 5.22 Å². The molecule has 7 nitrogen and oxygen atoms in total. The fourth-order valence-electron chi connectivity index (χ4n) is 2.16. The molecule has 0 aliphatic heterocycles. The smallest absolute Gasteiger partial charge is 0.325 e. The molecule has 0 aliphatic carbocycles. The van der Waals surface area contributed by atoms with Crippen molar-refractivity contribution in [3.8, 4) is 11.5 Å². The Labute approximate surface area is 154 Å². The second-order valence-electron chi connectivity index (χ2n) is 5.35. The third-order valence-corrected chi connectivity index (χ3v) is 4.21. The first-order valence-electron chi connectivity index (χ1n) is 7.80. The van der Waals surface area contributed by atoms with E-state index < -0.39 is 11.9 Å². The van der Waals surface area contributed by atoms with E-state index in [0.717, 1.165) is 22.9 Å². The van der Waals surface area contributed by atoms with Crippen LogP contribution in [0.25, 0.3) is 11.5 Å². The summed E-state index contributed by atoms with van der Waals surface area (Å²) in [6, 6.07) is 15.9. The monoisotopic (exact) mass is 368 g/mol. The lowest BCUT2D eigenvalue weighted by Gasteiger charge is -2.05. The number of rotatable bonds is 5. The van der Waals surface area contributed by atoms with Gasteiger partial charge in [0.05, 0.1) is 5.75 Å². The van der Waals surface area contributed by atoms with Crippen molar-refractivity contribution < 1.29 is 14.0 Å². The van der Waals surface area contributed by atoms with E-state index in [1.165, 1.54) is 0 Å². The van der Waals surface area contributed by atoms with E-state index in [4.69, 9.17) is 4.42 Å². The molecule has 0 aliphatic rings. The van der Waals surface area contributed by atoms with Crippen LogP contribution >= 0.6 is 11.8 Å². The number of benzene rings is 2. The van der Waals surface area contributed by atoms with E-state index >= 15 is 0 Å². The highest BCUT2D eigenvalue weighted by molar-refractivity contribution is 7.99. The van der Waals surface area contributed by atoms with Crippen LogP contribution in [-0.2, 0) is 4.79 Å². The molecule has 0 bridgehead atoms. The topological polar surface area (TPSA) is 97.1 Å². The molecule has 0 unspecified atom stereocenters. The Morgan fingerprint density at radius 2 is 1.77 bits per heavy atom. The summed E-state index contributed by atoms with van der Waals surface area (Å²) in [4.78, 5) is 23.6. The lowest BCUT2D eigenvalue weighted by molar-refractivity contribution is -0.117. The van der Waals surface area contributed by atoms with Gasteiger partial charge in [0.1, 0.15) is 0 Å². The first-order valence-corrected chi connectivity index (χ1v) is 8.78. The van der Waals surface area contributed by atoms with Crippen molar-refractivity contribution in [3.05, 3.63) is 60.2 Å². The van der Waals surface area contributed by atoms with E-state index in [2.05, 4.69) is 20.8 Å². The van der Waals surface area contributed by atoms with Gasteiger partial charge in [-0.3, -0.25) is 10.1 Å². The second-order valence-corrected chi connectivity index (χ2v) is 6.27. The number of aromatic nitrogens is 2. The Bertz CT molecular complexity index is 912. The predicted octanol–water partition coefficient (Wildman–Crippen LogP) is 3.49. The van der Waals surface area contributed by atoms with Crippen LogP contribution in [0.2, 0.25) is 0 Å². The number of imide groups is 1. The van der Waals surface area contributed by atoms with Crippen LogP contribution in [0.1, 0.15) is 5.56 Å². The quantitative estimate of drug-likeness (QED) is 0.669. The number of hydrogen-bond donors (Lipinski definition) is 2. The lowest BCUT2D eigenvalue weighted by atomic mass is 10.1. The van der Waals surface area contributed by atoms with Gasteiger partial charge in [-0.15, -0.1) is 10.2 Å². The van der Waals surface area contributed by atoms with Gasteiger partial charge >= 0.3 is 6.03 Å². The Kier molecular flexibility index (Phi) is 5.65.